The highest BCUT2D eigenvalue weighted by Gasteiger charge is 2.34. The molecule has 0 aromatic rings. The number of hydrogen-bond acceptors (Lipinski definition) is 3. The first kappa shape index (κ1) is 15.3. The van der Waals surface area contributed by atoms with Crippen LogP contribution in [0.1, 0.15) is 27.2 Å². The highest BCUT2D eigenvalue weighted by molar-refractivity contribution is 6.14. The molecule has 0 radical (unpaired) electrons. The molecule has 1 N–H and O–H groups in total. The van der Waals surface area contributed by atoms with E-state index in [0.29, 0.717) is 5.57 Å². The van der Waals surface area contributed by atoms with Gasteiger partial charge < -0.3 is 14.6 Å². The summed E-state index contributed by atoms with van der Waals surface area (Å²) in [5, 5.41) is 9.10. The van der Waals surface area contributed by atoms with Gasteiger partial charge in [-0.15, -0.1) is 0 Å². The van der Waals surface area contributed by atoms with Gasteiger partial charge in [-0.05, 0) is 25.0 Å². The largest absolute Gasteiger partial charge is 0.478 e. The molecular formula is C11H22O4Si. The van der Waals surface area contributed by atoms with E-state index in [1.54, 1.807) is 13.8 Å². The Morgan fingerprint density at radius 2 is 1.88 bits per heavy atom. The summed E-state index contributed by atoms with van der Waals surface area (Å²) in [7, 11) is 3.94. The summed E-state index contributed by atoms with van der Waals surface area (Å²) < 4.78 is 10.6. The van der Waals surface area contributed by atoms with Crippen LogP contribution in [0.4, 0.5) is 0 Å². The van der Waals surface area contributed by atoms with Gasteiger partial charge in [-0.25, -0.2) is 4.79 Å². The van der Waals surface area contributed by atoms with E-state index in [2.05, 4.69) is 0 Å². The molecule has 0 fully saturated rings. The molecule has 16 heavy (non-hydrogen) atoms. The van der Waals surface area contributed by atoms with Crippen LogP contribution in [-0.4, -0.2) is 41.3 Å². The van der Waals surface area contributed by atoms with E-state index in [9.17, 15) is 4.79 Å². The lowest BCUT2D eigenvalue weighted by molar-refractivity contribution is -0.167. The van der Waals surface area contributed by atoms with Crippen LogP contribution in [0, 0.1) is 0 Å². The summed E-state index contributed by atoms with van der Waals surface area (Å²) in [6.45, 7) is 5.41. The third-order valence-electron chi connectivity index (χ3n) is 3.10. The third-order valence-corrected chi connectivity index (χ3v) is 4.49. The van der Waals surface area contributed by atoms with Crippen molar-refractivity contribution in [3.05, 3.63) is 11.1 Å². The summed E-state index contributed by atoms with van der Waals surface area (Å²) in [6.07, 6.45) is 0.897. The Balaban J connectivity index is 5.58. The van der Waals surface area contributed by atoms with E-state index in [0.717, 1.165) is 22.2 Å². The highest BCUT2D eigenvalue weighted by Crippen LogP contribution is 2.34. The molecule has 0 saturated carbocycles. The molecule has 94 valence electrons. The monoisotopic (exact) mass is 246 g/mol. The van der Waals surface area contributed by atoms with Crippen LogP contribution in [0.15, 0.2) is 11.1 Å². The van der Waals surface area contributed by atoms with Gasteiger partial charge in [0.2, 0.25) is 0 Å². The van der Waals surface area contributed by atoms with Crippen LogP contribution < -0.4 is 0 Å². The molecule has 1 unspecified atom stereocenters. The molecule has 1 atom stereocenters. The Bertz CT molecular complexity index is 282. The lowest BCUT2D eigenvalue weighted by atomic mass is 9.96. The van der Waals surface area contributed by atoms with Gasteiger partial charge in [0.05, 0.1) is 0 Å². The molecule has 0 bridgehead atoms. The molecular weight excluding hydrogens is 224 g/mol. The van der Waals surface area contributed by atoms with Crippen LogP contribution in [-0.2, 0) is 14.3 Å². The van der Waals surface area contributed by atoms with Crippen molar-refractivity contribution in [3.8, 4) is 0 Å². The van der Waals surface area contributed by atoms with Gasteiger partial charge in [-0.3, -0.25) is 0 Å². The van der Waals surface area contributed by atoms with Gasteiger partial charge in [0, 0.05) is 30.0 Å². The first-order valence-corrected chi connectivity index (χ1v) is 6.54. The summed E-state index contributed by atoms with van der Waals surface area (Å²) in [4.78, 5) is 11.1. The van der Waals surface area contributed by atoms with Gasteiger partial charge >= 0.3 is 5.97 Å². The smallest absolute Gasteiger partial charge is 0.331 e. The lowest BCUT2D eigenvalue weighted by Crippen LogP contribution is -2.36. The topological polar surface area (TPSA) is 55.8 Å². The maximum atomic E-state index is 11.1. The number of methoxy groups -OCH3 is 2. The minimum atomic E-state index is -0.940. The molecule has 0 aromatic heterocycles. The number of carboxylic acids is 1. The molecule has 0 rings (SSSR count). The Morgan fingerprint density at radius 3 is 2.12 bits per heavy atom. The van der Waals surface area contributed by atoms with Crippen LogP contribution in [0.3, 0.4) is 0 Å². The Labute approximate surface area is 100 Å². The zero-order valence-electron chi connectivity index (χ0n) is 11.0. The van der Waals surface area contributed by atoms with Gasteiger partial charge in [0.1, 0.15) is 0 Å². The van der Waals surface area contributed by atoms with Crippen molar-refractivity contribution in [2.75, 3.05) is 14.2 Å². The highest BCUT2D eigenvalue weighted by atomic mass is 28.1. The number of rotatable bonds is 6. The van der Waals surface area contributed by atoms with Crippen LogP contribution in [0.2, 0.25) is 5.54 Å². The lowest BCUT2D eigenvalue weighted by Gasteiger charge is -2.33. The van der Waals surface area contributed by atoms with Crippen molar-refractivity contribution in [3.63, 3.8) is 0 Å². The van der Waals surface area contributed by atoms with Gasteiger partial charge in [0.25, 0.3) is 0 Å². The van der Waals surface area contributed by atoms with Gasteiger partial charge in [0.15, 0.2) is 5.79 Å². The normalized spacial score (nSPS) is 15.8. The molecule has 5 heteroatoms. The third kappa shape index (κ3) is 3.17. The summed E-state index contributed by atoms with van der Waals surface area (Å²) in [5.74, 6) is -1.85. The van der Waals surface area contributed by atoms with E-state index in [-0.39, 0.29) is 5.54 Å². The molecule has 0 aliphatic heterocycles. The molecule has 0 aromatic carbocycles. The first-order valence-electron chi connectivity index (χ1n) is 5.38. The second-order valence-corrected chi connectivity index (χ2v) is 5.40. The standard InChI is InChI=1S/C11H22O4Si/c1-6-8(16)9(7(2)10(12)13)11(3,14-4)15-5/h8H,6H2,1-5,16H3,(H,12,13). The molecule has 4 nitrogen and oxygen atoms in total. The number of carboxylic acid groups (broad SMARTS) is 1. The predicted octanol–water partition coefficient (Wildman–Crippen LogP) is 0.960. The fraction of sp³-hybridized carbons (Fsp3) is 0.727. The maximum absolute atomic E-state index is 11.1. The van der Waals surface area contributed by atoms with Crippen molar-refractivity contribution in [1.82, 2.24) is 0 Å². The zero-order chi connectivity index (χ0) is 12.9. The average Bonchev–Trinajstić information content (AvgIpc) is 2.28. The van der Waals surface area contributed by atoms with E-state index >= 15 is 0 Å². The van der Waals surface area contributed by atoms with Crippen molar-refractivity contribution in [1.29, 1.82) is 0 Å². The van der Waals surface area contributed by atoms with E-state index < -0.39 is 11.8 Å². The van der Waals surface area contributed by atoms with Crippen molar-refractivity contribution < 1.29 is 19.4 Å². The molecule has 0 amide bonds. The summed E-state index contributed by atoms with van der Waals surface area (Å²) in [6, 6.07) is 0. The van der Waals surface area contributed by atoms with Crippen molar-refractivity contribution in [2.45, 2.75) is 38.5 Å². The van der Waals surface area contributed by atoms with E-state index in [1.165, 1.54) is 14.2 Å². The Kier molecular flexibility index (Phi) is 5.92. The van der Waals surface area contributed by atoms with E-state index in [4.69, 9.17) is 14.6 Å². The molecule has 0 heterocycles. The summed E-state index contributed by atoms with van der Waals surface area (Å²) in [5.41, 5.74) is 1.31. The fourth-order valence-electron chi connectivity index (χ4n) is 1.78. The Hall–Kier alpha value is -0.653. The molecule has 0 aliphatic carbocycles. The SMILES string of the molecule is CCC([SiH3])C(=C(C)C(=O)O)C(C)(OC)OC. The van der Waals surface area contributed by atoms with Gasteiger partial charge in [-0.2, -0.15) is 0 Å². The Morgan fingerprint density at radius 1 is 1.44 bits per heavy atom. The second-order valence-electron chi connectivity index (χ2n) is 4.01. The minimum absolute atomic E-state index is 0.237. The van der Waals surface area contributed by atoms with Crippen molar-refractivity contribution >= 4 is 16.2 Å². The summed E-state index contributed by atoms with van der Waals surface area (Å²) >= 11 is 0. The minimum Gasteiger partial charge on any atom is -0.478 e. The maximum Gasteiger partial charge on any atom is 0.331 e. The van der Waals surface area contributed by atoms with Gasteiger partial charge in [-0.1, -0.05) is 13.3 Å². The number of aliphatic carboxylic acids is 1. The quantitative estimate of drug-likeness (QED) is 0.431. The van der Waals surface area contributed by atoms with Crippen LogP contribution in [0.5, 0.6) is 0 Å². The fourth-order valence-corrected chi connectivity index (χ4v) is 2.74. The van der Waals surface area contributed by atoms with Crippen molar-refractivity contribution in [2.24, 2.45) is 0 Å². The zero-order valence-corrected chi connectivity index (χ0v) is 13.0. The molecule has 0 aliphatic rings. The molecule has 0 spiro atoms. The van der Waals surface area contributed by atoms with Crippen LogP contribution >= 0.6 is 0 Å². The van der Waals surface area contributed by atoms with E-state index in [1.807, 2.05) is 6.92 Å². The number of ether oxygens (including phenoxy) is 2. The first-order chi connectivity index (χ1) is 7.33. The number of carbonyl (C=O) groups is 1. The molecule has 0 saturated heterocycles. The number of hydrogen-bond donors (Lipinski definition) is 1. The van der Waals surface area contributed by atoms with Crippen LogP contribution in [0.25, 0.3) is 0 Å². The second kappa shape index (κ2) is 6.17. The predicted molar refractivity (Wildman–Crippen MR) is 66.7 cm³/mol. The average molecular weight is 246 g/mol.